The molecule has 3 rings (SSSR count). The molecule has 5 heteroatoms. The van der Waals surface area contributed by atoms with Crippen LogP contribution in [0.25, 0.3) is 0 Å². The fourth-order valence-corrected chi connectivity index (χ4v) is 7.34. The molecule has 0 saturated carbocycles. The summed E-state index contributed by atoms with van der Waals surface area (Å²) in [7, 11) is -1.73. The summed E-state index contributed by atoms with van der Waals surface area (Å²) in [5, 5.41) is 14.8. The molecule has 0 aromatic heterocycles. The molecule has 154 valence electrons. The molecule has 0 unspecified atom stereocenters. The maximum atomic E-state index is 14.9. The number of benzene rings is 3. The lowest BCUT2D eigenvalue weighted by atomic mass is 10.1. The highest BCUT2D eigenvalue weighted by molar-refractivity contribution is 7.77. The number of ether oxygens (including phenoxy) is 1. The van der Waals surface area contributed by atoms with Crippen molar-refractivity contribution in [2.45, 2.75) is 33.7 Å². The van der Waals surface area contributed by atoms with E-state index in [0.717, 1.165) is 38.4 Å². The predicted molar refractivity (Wildman–Crippen MR) is 123 cm³/mol. The molecular weight excluding hydrogens is 391 g/mol. The van der Waals surface area contributed by atoms with Crippen LogP contribution in [0.5, 0.6) is 5.75 Å². The number of nitrogens with zero attached hydrogens (tertiary/aromatic N) is 1. The molecule has 0 bridgehead atoms. The van der Waals surface area contributed by atoms with Crippen molar-refractivity contribution in [3.05, 3.63) is 88.5 Å². The highest BCUT2D eigenvalue weighted by Crippen LogP contribution is 2.45. The Balaban J connectivity index is 2.22. The van der Waals surface area contributed by atoms with E-state index in [4.69, 9.17) is 4.74 Å². The molecular formula is C25H27N2O2P. The zero-order valence-corrected chi connectivity index (χ0v) is 19.0. The molecule has 0 spiro atoms. The molecule has 30 heavy (non-hydrogen) atoms. The van der Waals surface area contributed by atoms with Crippen molar-refractivity contribution in [3.63, 3.8) is 0 Å². The summed E-state index contributed by atoms with van der Waals surface area (Å²) in [6.45, 7) is 7.89. The van der Waals surface area contributed by atoms with E-state index in [1.165, 1.54) is 0 Å². The zero-order chi connectivity index (χ0) is 21.9. The first-order chi connectivity index (χ1) is 14.3. The fourth-order valence-electron chi connectivity index (χ4n) is 4.00. The molecule has 3 aromatic carbocycles. The lowest BCUT2D eigenvalue weighted by Crippen LogP contribution is -2.34. The number of nitriles is 1. The Morgan fingerprint density at radius 3 is 1.63 bits per heavy atom. The molecule has 0 heterocycles. The lowest BCUT2D eigenvalue weighted by Gasteiger charge is -2.29. The van der Waals surface area contributed by atoms with E-state index in [0.29, 0.717) is 5.75 Å². The van der Waals surface area contributed by atoms with Gasteiger partial charge in [0, 0.05) is 10.6 Å². The highest BCUT2D eigenvalue weighted by Gasteiger charge is 2.35. The van der Waals surface area contributed by atoms with Crippen molar-refractivity contribution in [2.24, 2.45) is 0 Å². The maximum Gasteiger partial charge on any atom is 0.207 e. The van der Waals surface area contributed by atoms with Gasteiger partial charge in [-0.05, 0) is 67.6 Å². The minimum Gasteiger partial charge on any atom is -0.497 e. The molecule has 1 N–H and O–H groups in total. The first kappa shape index (κ1) is 21.8. The number of nitrogens with one attached hydrogen (secondary N) is 1. The smallest absolute Gasteiger partial charge is 0.207 e. The van der Waals surface area contributed by atoms with Crippen LogP contribution in [-0.2, 0) is 4.57 Å². The van der Waals surface area contributed by atoms with Crippen molar-refractivity contribution < 1.29 is 9.30 Å². The summed E-state index contributed by atoms with van der Waals surface area (Å²) in [5.74, 6) is 0.711. The first-order valence-corrected chi connectivity index (χ1v) is 11.6. The third-order valence-electron chi connectivity index (χ3n) is 5.40. The van der Waals surface area contributed by atoms with Crippen LogP contribution in [0.1, 0.15) is 33.9 Å². The Bertz CT molecular complexity index is 1050. The lowest BCUT2D eigenvalue weighted by molar-refractivity contribution is 0.414. The number of hydrogen-bond donors (Lipinski definition) is 1. The van der Waals surface area contributed by atoms with Gasteiger partial charge in [-0.2, -0.15) is 5.26 Å². The van der Waals surface area contributed by atoms with E-state index in [-0.39, 0.29) is 0 Å². The molecule has 0 aliphatic carbocycles. The number of methoxy groups -OCH3 is 1. The van der Waals surface area contributed by atoms with Crippen LogP contribution in [0.2, 0.25) is 0 Å². The second-order valence-electron chi connectivity index (χ2n) is 7.55. The zero-order valence-electron chi connectivity index (χ0n) is 18.1. The van der Waals surface area contributed by atoms with E-state index in [2.05, 4.69) is 11.2 Å². The van der Waals surface area contributed by atoms with E-state index in [1.54, 1.807) is 7.11 Å². The molecule has 0 aliphatic heterocycles. The summed E-state index contributed by atoms with van der Waals surface area (Å²) < 4.78 is 20.1. The normalized spacial score (nSPS) is 12.3. The van der Waals surface area contributed by atoms with Crippen molar-refractivity contribution in [1.29, 1.82) is 5.26 Å². The first-order valence-electron chi connectivity index (χ1n) is 9.86. The number of aryl methyl sites for hydroxylation is 4. The molecule has 4 nitrogen and oxygen atoms in total. The monoisotopic (exact) mass is 418 g/mol. The summed E-state index contributed by atoms with van der Waals surface area (Å²) in [5.41, 5.74) is 4.52. The Morgan fingerprint density at radius 2 is 1.27 bits per heavy atom. The maximum absolute atomic E-state index is 14.9. The summed E-state index contributed by atoms with van der Waals surface area (Å²) in [4.78, 5) is 0. The van der Waals surface area contributed by atoms with Gasteiger partial charge in [0.1, 0.15) is 11.8 Å². The van der Waals surface area contributed by atoms with E-state index >= 15 is 0 Å². The average molecular weight is 418 g/mol. The van der Waals surface area contributed by atoms with Crippen LogP contribution in [0.15, 0.2) is 60.7 Å². The summed E-state index contributed by atoms with van der Waals surface area (Å²) >= 11 is 0. The summed E-state index contributed by atoms with van der Waals surface area (Å²) in [6, 6.07) is 20.7. The molecule has 1 atom stereocenters. The molecule has 0 fully saturated rings. The van der Waals surface area contributed by atoms with Crippen molar-refractivity contribution in [2.75, 3.05) is 7.11 Å². The minimum atomic E-state index is -3.34. The van der Waals surface area contributed by atoms with Gasteiger partial charge in [-0.3, -0.25) is 4.57 Å². The predicted octanol–water partition coefficient (Wildman–Crippen LogP) is 5.01. The van der Waals surface area contributed by atoms with E-state index in [1.807, 2.05) is 88.4 Å². The number of rotatable bonds is 6. The quantitative estimate of drug-likeness (QED) is 0.572. The molecule has 3 aromatic rings. The Hall–Kier alpha value is -2.86. The SMILES string of the molecule is COc1ccc([C@H](C#N)NP(=O)(c2c(C)cccc2C)c2c(C)cccc2C)cc1. The molecule has 0 amide bonds. The molecule has 0 aliphatic rings. The minimum absolute atomic E-state index is 0.711. The van der Waals surface area contributed by atoms with Gasteiger partial charge in [-0.25, -0.2) is 5.09 Å². The van der Waals surface area contributed by atoms with E-state index in [9.17, 15) is 9.83 Å². The Kier molecular flexibility index (Phi) is 6.46. The van der Waals surface area contributed by atoms with Gasteiger partial charge in [0.05, 0.1) is 13.2 Å². The van der Waals surface area contributed by atoms with Crippen LogP contribution < -0.4 is 20.4 Å². The molecule has 0 saturated heterocycles. The topological polar surface area (TPSA) is 62.1 Å². The fraction of sp³-hybridized carbons (Fsp3) is 0.240. The third-order valence-corrected chi connectivity index (χ3v) is 8.69. The van der Waals surface area contributed by atoms with E-state index < -0.39 is 13.3 Å². The van der Waals surface area contributed by atoms with Crippen LogP contribution in [-0.4, -0.2) is 7.11 Å². The number of hydrogen-bond acceptors (Lipinski definition) is 3. The van der Waals surface area contributed by atoms with Gasteiger partial charge in [0.2, 0.25) is 7.29 Å². The van der Waals surface area contributed by atoms with Gasteiger partial charge in [-0.15, -0.1) is 0 Å². The summed E-state index contributed by atoms with van der Waals surface area (Å²) in [6.07, 6.45) is 0. The van der Waals surface area contributed by atoms with Gasteiger partial charge in [0.15, 0.2) is 0 Å². The van der Waals surface area contributed by atoms with Gasteiger partial charge >= 0.3 is 0 Å². The Morgan fingerprint density at radius 1 is 0.833 bits per heavy atom. The van der Waals surface area contributed by atoms with Gasteiger partial charge in [-0.1, -0.05) is 48.5 Å². The van der Waals surface area contributed by atoms with Crippen LogP contribution >= 0.6 is 7.29 Å². The van der Waals surface area contributed by atoms with Crippen LogP contribution in [0.4, 0.5) is 0 Å². The second-order valence-corrected chi connectivity index (χ2v) is 9.93. The Labute approximate surface area is 179 Å². The average Bonchev–Trinajstić information content (AvgIpc) is 2.72. The third kappa shape index (κ3) is 4.05. The van der Waals surface area contributed by atoms with Gasteiger partial charge in [0.25, 0.3) is 0 Å². The standard InChI is InChI=1S/C25H27N2O2P/c1-17-8-6-9-18(2)24(17)30(28,25-19(3)10-7-11-20(25)4)27-23(16-26)21-12-14-22(29-5)15-13-21/h6-15,23H,1-5H3,(H,27,28)/t23-/m0/s1. The van der Waals surface area contributed by atoms with Crippen molar-refractivity contribution in [3.8, 4) is 11.8 Å². The largest absolute Gasteiger partial charge is 0.497 e. The highest BCUT2D eigenvalue weighted by atomic mass is 31.2. The van der Waals surface area contributed by atoms with Crippen molar-refractivity contribution in [1.82, 2.24) is 5.09 Å². The van der Waals surface area contributed by atoms with Crippen LogP contribution in [0, 0.1) is 39.0 Å². The van der Waals surface area contributed by atoms with Crippen molar-refractivity contribution >= 4 is 17.9 Å². The molecule has 0 radical (unpaired) electrons. The second kappa shape index (κ2) is 8.88. The van der Waals surface area contributed by atoms with Crippen LogP contribution in [0.3, 0.4) is 0 Å². The van der Waals surface area contributed by atoms with Gasteiger partial charge < -0.3 is 4.74 Å².